The Labute approximate surface area is 168 Å². The van der Waals surface area contributed by atoms with Gasteiger partial charge >= 0.3 is 14.6 Å². The molecule has 1 atom stereocenters. The summed E-state index contributed by atoms with van der Waals surface area (Å²) in [6.07, 6.45) is 1.52. The van der Waals surface area contributed by atoms with Gasteiger partial charge in [0.25, 0.3) is 0 Å². The first-order valence-electron chi connectivity index (χ1n) is 9.06. The van der Waals surface area contributed by atoms with Crippen molar-refractivity contribution in [2.75, 3.05) is 5.32 Å². The molecular formula is C20H32NO6P. The molecule has 0 aromatic heterocycles. The Kier molecular flexibility index (Phi) is 11.8. The van der Waals surface area contributed by atoms with Crippen molar-refractivity contribution in [3.63, 3.8) is 0 Å². The summed E-state index contributed by atoms with van der Waals surface area (Å²) >= 11 is 0. The molecule has 0 fully saturated rings. The van der Waals surface area contributed by atoms with Crippen molar-refractivity contribution in [2.24, 2.45) is 5.41 Å². The third-order valence-corrected chi connectivity index (χ3v) is 4.57. The van der Waals surface area contributed by atoms with Crippen LogP contribution in [0.3, 0.4) is 0 Å². The van der Waals surface area contributed by atoms with E-state index < -0.39 is 20.0 Å². The number of hydrogen-bond donors (Lipinski definition) is 3. The van der Waals surface area contributed by atoms with Crippen molar-refractivity contribution >= 4 is 26.2 Å². The van der Waals surface area contributed by atoms with Crippen molar-refractivity contribution in [3.05, 3.63) is 36.4 Å². The smallest absolute Gasteiger partial charge is 0.338 e. The van der Waals surface area contributed by atoms with Gasteiger partial charge < -0.3 is 24.4 Å². The molecule has 8 heteroatoms. The number of carbonyl (C=O) groups excluding carboxylic acids is 2. The maximum Gasteiger partial charge on any atom is 0.338 e. The van der Waals surface area contributed by atoms with E-state index in [0.717, 1.165) is 12.8 Å². The third kappa shape index (κ3) is 10.5. The zero-order chi connectivity index (χ0) is 21.9. The number of benzene rings is 1. The minimum Gasteiger partial charge on any atom is -0.423 e. The maximum absolute atomic E-state index is 12.0. The Bertz CT molecular complexity index is 643. The summed E-state index contributed by atoms with van der Waals surface area (Å²) in [5.41, 5.74) is 0.601. The van der Waals surface area contributed by atoms with Crippen LogP contribution in [-0.2, 0) is 14.1 Å². The molecule has 7 nitrogen and oxygen atoms in total. The van der Waals surface area contributed by atoms with Gasteiger partial charge in [-0.1, -0.05) is 34.3 Å². The number of esters is 1. The Morgan fingerprint density at radius 1 is 1.21 bits per heavy atom. The second kappa shape index (κ2) is 12.6. The molecule has 0 bridgehead atoms. The molecule has 1 rings (SSSR count). The summed E-state index contributed by atoms with van der Waals surface area (Å²) in [4.78, 5) is 39.9. The SMILES string of the molecule is C=C(C)C(=O)Oc1ccc(NC(=O)C(C)(C)CC)cc1.CCC(C)OP(O)O. The minimum absolute atomic E-state index is 0.0355. The molecule has 1 aromatic carbocycles. The van der Waals surface area contributed by atoms with Gasteiger partial charge in [0.2, 0.25) is 5.91 Å². The molecule has 0 saturated heterocycles. The molecule has 0 aliphatic carbocycles. The first kappa shape index (κ1) is 26.2. The zero-order valence-corrected chi connectivity index (χ0v) is 18.4. The van der Waals surface area contributed by atoms with E-state index in [4.69, 9.17) is 14.5 Å². The van der Waals surface area contributed by atoms with Crippen LogP contribution < -0.4 is 10.1 Å². The van der Waals surface area contributed by atoms with Crippen molar-refractivity contribution in [2.45, 2.75) is 60.5 Å². The molecular weight excluding hydrogens is 381 g/mol. The highest BCUT2D eigenvalue weighted by atomic mass is 31.2. The largest absolute Gasteiger partial charge is 0.423 e. The van der Waals surface area contributed by atoms with E-state index >= 15 is 0 Å². The average molecular weight is 413 g/mol. The van der Waals surface area contributed by atoms with E-state index in [2.05, 4.69) is 16.4 Å². The minimum atomic E-state index is -2.15. The van der Waals surface area contributed by atoms with Crippen molar-refractivity contribution < 1.29 is 28.6 Å². The Morgan fingerprint density at radius 2 is 1.75 bits per heavy atom. The number of rotatable bonds is 8. The first-order valence-corrected chi connectivity index (χ1v) is 10.2. The fourth-order valence-corrected chi connectivity index (χ4v) is 1.97. The summed E-state index contributed by atoms with van der Waals surface area (Å²) < 4.78 is 9.65. The molecule has 3 N–H and O–H groups in total. The number of nitrogens with one attached hydrogen (secondary N) is 1. The van der Waals surface area contributed by atoms with Gasteiger partial charge in [0.05, 0.1) is 6.10 Å². The molecule has 0 spiro atoms. The van der Waals surface area contributed by atoms with Crippen molar-refractivity contribution in [3.8, 4) is 5.75 Å². The summed E-state index contributed by atoms with van der Waals surface area (Å²) in [6, 6.07) is 6.67. The van der Waals surface area contributed by atoms with E-state index in [1.807, 2.05) is 27.7 Å². The lowest BCUT2D eigenvalue weighted by Crippen LogP contribution is -2.29. The van der Waals surface area contributed by atoms with Crippen LogP contribution in [0.5, 0.6) is 5.75 Å². The number of ether oxygens (including phenoxy) is 1. The van der Waals surface area contributed by atoms with Gasteiger partial charge in [-0.25, -0.2) is 4.79 Å². The topological polar surface area (TPSA) is 105 Å². The highest BCUT2D eigenvalue weighted by Crippen LogP contribution is 2.27. The van der Waals surface area contributed by atoms with Crippen LogP contribution in [0.2, 0.25) is 0 Å². The molecule has 1 unspecified atom stereocenters. The van der Waals surface area contributed by atoms with E-state index in [9.17, 15) is 9.59 Å². The van der Waals surface area contributed by atoms with Gasteiger partial charge in [-0.05, 0) is 51.0 Å². The number of carbonyl (C=O) groups is 2. The van der Waals surface area contributed by atoms with Crippen molar-refractivity contribution in [1.82, 2.24) is 0 Å². The van der Waals surface area contributed by atoms with Crippen LogP contribution in [0.15, 0.2) is 36.4 Å². The van der Waals surface area contributed by atoms with Crippen LogP contribution in [0.25, 0.3) is 0 Å². The van der Waals surface area contributed by atoms with Crippen LogP contribution in [0, 0.1) is 5.41 Å². The second-order valence-electron chi connectivity index (χ2n) is 6.96. The van der Waals surface area contributed by atoms with Crippen LogP contribution in [0.4, 0.5) is 5.69 Å². The highest BCUT2D eigenvalue weighted by molar-refractivity contribution is 7.39. The highest BCUT2D eigenvalue weighted by Gasteiger charge is 2.25. The molecule has 158 valence electrons. The molecule has 0 aliphatic rings. The molecule has 28 heavy (non-hydrogen) atoms. The number of anilines is 1. The fourth-order valence-electron chi connectivity index (χ4n) is 1.50. The number of hydrogen-bond acceptors (Lipinski definition) is 6. The quantitative estimate of drug-likeness (QED) is 0.250. The lowest BCUT2D eigenvalue weighted by atomic mass is 9.89. The predicted molar refractivity (Wildman–Crippen MR) is 112 cm³/mol. The number of amides is 1. The monoisotopic (exact) mass is 413 g/mol. The van der Waals surface area contributed by atoms with E-state index in [0.29, 0.717) is 17.0 Å². The van der Waals surface area contributed by atoms with Gasteiger partial charge in [-0.2, -0.15) is 0 Å². The van der Waals surface area contributed by atoms with E-state index in [1.54, 1.807) is 38.1 Å². The molecule has 0 heterocycles. The second-order valence-corrected chi connectivity index (χ2v) is 7.68. The first-order chi connectivity index (χ1) is 12.9. The summed E-state index contributed by atoms with van der Waals surface area (Å²) in [7, 11) is -2.15. The molecule has 0 saturated carbocycles. The van der Waals surface area contributed by atoms with E-state index in [-0.39, 0.29) is 12.0 Å². The summed E-state index contributed by atoms with van der Waals surface area (Å²) in [6.45, 7) is 14.6. The van der Waals surface area contributed by atoms with Gasteiger partial charge in [0, 0.05) is 16.7 Å². The Morgan fingerprint density at radius 3 is 2.11 bits per heavy atom. The average Bonchev–Trinajstić information content (AvgIpc) is 2.63. The third-order valence-electron chi connectivity index (χ3n) is 4.02. The van der Waals surface area contributed by atoms with Gasteiger partial charge in [0.15, 0.2) is 0 Å². The van der Waals surface area contributed by atoms with Crippen LogP contribution >= 0.6 is 8.60 Å². The normalized spacial score (nSPS) is 11.9. The van der Waals surface area contributed by atoms with Gasteiger partial charge in [0.1, 0.15) is 5.75 Å². The lowest BCUT2D eigenvalue weighted by molar-refractivity contribution is -0.130. The standard InChI is InChI=1S/C16H21NO3.C4H11O3P/c1-6-16(4,5)15(19)17-12-7-9-13(10-8-12)20-14(18)11(2)3;1-3-4(2)7-8(5)6/h7-10H,2,6H2,1,3-5H3,(H,17,19);4-6H,3H2,1-2H3. The van der Waals surface area contributed by atoms with Gasteiger partial charge in [-0.15, -0.1) is 0 Å². The molecule has 0 aliphatic heterocycles. The zero-order valence-electron chi connectivity index (χ0n) is 17.5. The van der Waals surface area contributed by atoms with E-state index in [1.165, 1.54) is 0 Å². The van der Waals surface area contributed by atoms with Gasteiger partial charge in [-0.3, -0.25) is 4.79 Å². The predicted octanol–water partition coefficient (Wildman–Crippen LogP) is 4.56. The Balaban J connectivity index is 0.000000769. The maximum atomic E-state index is 12.0. The van der Waals surface area contributed by atoms with Crippen LogP contribution in [0.1, 0.15) is 54.4 Å². The van der Waals surface area contributed by atoms with Crippen molar-refractivity contribution in [1.29, 1.82) is 0 Å². The molecule has 1 aromatic rings. The summed E-state index contributed by atoms with van der Waals surface area (Å²) in [5, 5.41) is 2.84. The fraction of sp³-hybridized carbons (Fsp3) is 0.500. The molecule has 1 amide bonds. The lowest BCUT2D eigenvalue weighted by Gasteiger charge is -2.21. The summed E-state index contributed by atoms with van der Waals surface area (Å²) in [5.74, 6) is -0.0775. The Hall–Kier alpha value is -1.79. The molecule has 0 radical (unpaired) electrons. The van der Waals surface area contributed by atoms with Crippen LogP contribution in [-0.4, -0.2) is 27.8 Å².